The number of rotatable bonds is 5. The van der Waals surface area contributed by atoms with E-state index in [2.05, 4.69) is 0 Å². The van der Waals surface area contributed by atoms with Gasteiger partial charge in [0.05, 0.1) is 0 Å². The van der Waals surface area contributed by atoms with Gasteiger partial charge in [-0.15, -0.1) is 0 Å². The minimum Gasteiger partial charge on any atom is -0.462 e. The minimum atomic E-state index is -0.0480. The van der Waals surface area contributed by atoms with Crippen molar-refractivity contribution in [1.29, 1.82) is 0 Å². The summed E-state index contributed by atoms with van der Waals surface area (Å²) in [5.74, 6) is -0.0480. The first kappa shape index (κ1) is 9.52. The lowest BCUT2D eigenvalue weighted by molar-refractivity contribution is -0.153. The number of carbonyl (C=O) groups excluding carboxylic acids is 1. The van der Waals surface area contributed by atoms with Gasteiger partial charge in [0.25, 0.3) is 0 Å². The van der Waals surface area contributed by atoms with Crippen molar-refractivity contribution in [1.82, 2.24) is 0 Å². The summed E-state index contributed by atoms with van der Waals surface area (Å²) >= 11 is 0. The smallest absolute Gasteiger partial charge is 0.306 e. The Labute approximate surface area is 73.3 Å². The second-order valence-corrected chi connectivity index (χ2v) is 3.29. The molecule has 1 aliphatic carbocycles. The summed E-state index contributed by atoms with van der Waals surface area (Å²) < 4.78 is 5.15. The fourth-order valence-electron chi connectivity index (χ4n) is 1.15. The highest BCUT2D eigenvalue weighted by molar-refractivity contribution is 5.69. The van der Waals surface area contributed by atoms with Crippen LogP contribution in [0.2, 0.25) is 0 Å². The van der Waals surface area contributed by atoms with Gasteiger partial charge in [0, 0.05) is 6.42 Å². The van der Waals surface area contributed by atoms with Crippen molar-refractivity contribution in [3.63, 3.8) is 0 Å². The Morgan fingerprint density at radius 3 is 2.67 bits per heavy atom. The zero-order valence-electron chi connectivity index (χ0n) is 7.42. The van der Waals surface area contributed by atoms with E-state index in [-0.39, 0.29) is 12.1 Å². The molecule has 0 unspecified atom stereocenters. The third-order valence-electron chi connectivity index (χ3n) is 2.19. The number of carbonyl (C=O) groups is 1. The van der Waals surface area contributed by atoms with E-state index < -0.39 is 0 Å². The Morgan fingerprint density at radius 2 is 2.17 bits per heavy atom. The monoisotopic (exact) mass is 171 g/mol. The number of ether oxygens (including phenoxy) is 1. The highest BCUT2D eigenvalue weighted by Crippen LogP contribution is 2.22. The van der Waals surface area contributed by atoms with E-state index in [9.17, 15) is 4.79 Å². The maximum Gasteiger partial charge on any atom is 0.306 e. The Bertz CT molecular complexity index is 143. The topological polar surface area (TPSA) is 52.3 Å². The van der Waals surface area contributed by atoms with Gasteiger partial charge in [0.15, 0.2) is 0 Å². The largest absolute Gasteiger partial charge is 0.462 e. The number of nitrogens with two attached hydrogens (primary N) is 1. The number of unbranched alkanes of at least 4 members (excludes halogenated alkanes) is 1. The molecule has 1 saturated carbocycles. The van der Waals surface area contributed by atoms with Crippen LogP contribution in [0.4, 0.5) is 0 Å². The molecule has 1 rings (SSSR count). The summed E-state index contributed by atoms with van der Waals surface area (Å²) in [6, 6.07) is 0. The fourth-order valence-corrected chi connectivity index (χ4v) is 1.15. The summed E-state index contributed by atoms with van der Waals surface area (Å²) in [4.78, 5) is 11.1. The first-order valence-corrected chi connectivity index (χ1v) is 4.72. The van der Waals surface area contributed by atoms with E-state index in [1.807, 2.05) is 0 Å². The normalized spacial score (nSPS) is 17.1. The average Bonchev–Trinajstić information content (AvgIpc) is 1.98. The highest BCUT2D eigenvalue weighted by atomic mass is 16.5. The van der Waals surface area contributed by atoms with E-state index in [1.54, 1.807) is 0 Å². The van der Waals surface area contributed by atoms with Crippen LogP contribution in [0.3, 0.4) is 0 Å². The van der Waals surface area contributed by atoms with Gasteiger partial charge in [-0.05, 0) is 38.6 Å². The van der Waals surface area contributed by atoms with Crippen LogP contribution in [0.15, 0.2) is 0 Å². The number of hydrogen-bond acceptors (Lipinski definition) is 3. The van der Waals surface area contributed by atoms with Gasteiger partial charge < -0.3 is 10.5 Å². The molecule has 0 aliphatic heterocycles. The molecule has 0 radical (unpaired) electrons. The molecule has 12 heavy (non-hydrogen) atoms. The number of hydrogen-bond donors (Lipinski definition) is 1. The molecule has 0 saturated heterocycles. The average molecular weight is 171 g/mol. The third-order valence-corrected chi connectivity index (χ3v) is 2.19. The highest BCUT2D eigenvalue weighted by Gasteiger charge is 2.20. The molecule has 2 N–H and O–H groups in total. The lowest BCUT2D eigenvalue weighted by Gasteiger charge is -2.25. The maximum atomic E-state index is 11.1. The van der Waals surface area contributed by atoms with Crippen LogP contribution < -0.4 is 5.73 Å². The van der Waals surface area contributed by atoms with Crippen LogP contribution in [0.5, 0.6) is 0 Å². The van der Waals surface area contributed by atoms with Crippen molar-refractivity contribution >= 4 is 5.97 Å². The fraction of sp³-hybridized carbons (Fsp3) is 0.889. The second kappa shape index (κ2) is 5.14. The molecule has 0 heterocycles. The molecule has 3 nitrogen and oxygen atoms in total. The van der Waals surface area contributed by atoms with Gasteiger partial charge >= 0.3 is 5.97 Å². The standard InChI is InChI=1S/C9H17NO2/c10-7-2-1-6-9(11)12-8-4-3-5-8/h8H,1-7,10H2. The summed E-state index contributed by atoms with van der Waals surface area (Å²) in [5.41, 5.74) is 5.30. The molecule has 3 heteroatoms. The number of esters is 1. The van der Waals surface area contributed by atoms with Crippen molar-refractivity contribution in [3.05, 3.63) is 0 Å². The van der Waals surface area contributed by atoms with Crippen molar-refractivity contribution in [3.8, 4) is 0 Å². The van der Waals surface area contributed by atoms with Crippen molar-refractivity contribution in [2.75, 3.05) is 6.54 Å². The van der Waals surface area contributed by atoms with E-state index >= 15 is 0 Å². The zero-order chi connectivity index (χ0) is 8.81. The lowest BCUT2D eigenvalue weighted by Crippen LogP contribution is -2.24. The van der Waals surface area contributed by atoms with Crippen molar-refractivity contribution in [2.24, 2.45) is 5.73 Å². The molecular weight excluding hydrogens is 154 g/mol. The van der Waals surface area contributed by atoms with Crippen LogP contribution in [0.25, 0.3) is 0 Å². The van der Waals surface area contributed by atoms with E-state index in [0.29, 0.717) is 13.0 Å². The quantitative estimate of drug-likeness (QED) is 0.499. The summed E-state index contributed by atoms with van der Waals surface area (Å²) in [7, 11) is 0. The molecule has 1 fully saturated rings. The Hall–Kier alpha value is -0.570. The first-order valence-electron chi connectivity index (χ1n) is 4.72. The Balaban J connectivity index is 1.95. The molecule has 0 amide bonds. The van der Waals surface area contributed by atoms with E-state index in [1.165, 1.54) is 6.42 Å². The molecule has 0 spiro atoms. The van der Waals surface area contributed by atoms with E-state index in [0.717, 1.165) is 25.7 Å². The maximum absolute atomic E-state index is 11.1. The van der Waals surface area contributed by atoms with Gasteiger partial charge in [-0.3, -0.25) is 4.79 Å². The van der Waals surface area contributed by atoms with Gasteiger partial charge in [-0.1, -0.05) is 0 Å². The molecule has 0 aromatic heterocycles. The van der Waals surface area contributed by atoms with Crippen molar-refractivity contribution in [2.45, 2.75) is 44.6 Å². The minimum absolute atomic E-state index is 0.0480. The molecule has 0 atom stereocenters. The molecule has 70 valence electrons. The van der Waals surface area contributed by atoms with Gasteiger partial charge in [-0.25, -0.2) is 0 Å². The predicted molar refractivity (Wildman–Crippen MR) is 46.6 cm³/mol. The van der Waals surface area contributed by atoms with Crippen LogP contribution in [0, 0.1) is 0 Å². The predicted octanol–water partition coefficient (Wildman–Crippen LogP) is 1.21. The summed E-state index contributed by atoms with van der Waals surface area (Å²) in [5, 5.41) is 0. The van der Waals surface area contributed by atoms with E-state index in [4.69, 9.17) is 10.5 Å². The summed E-state index contributed by atoms with van der Waals surface area (Å²) in [6.07, 6.45) is 5.87. The van der Waals surface area contributed by atoms with Gasteiger partial charge in [0.2, 0.25) is 0 Å². The molecular formula is C9H17NO2. The third kappa shape index (κ3) is 3.22. The van der Waals surface area contributed by atoms with Gasteiger partial charge in [-0.2, -0.15) is 0 Å². The van der Waals surface area contributed by atoms with Crippen molar-refractivity contribution < 1.29 is 9.53 Å². The van der Waals surface area contributed by atoms with Crippen LogP contribution >= 0.6 is 0 Å². The molecule has 0 aromatic carbocycles. The van der Waals surface area contributed by atoms with Crippen LogP contribution in [0.1, 0.15) is 38.5 Å². The summed E-state index contributed by atoms with van der Waals surface area (Å²) in [6.45, 7) is 0.663. The first-order chi connectivity index (χ1) is 5.83. The molecule has 0 bridgehead atoms. The Kier molecular flexibility index (Phi) is 4.08. The molecule has 0 aromatic rings. The lowest BCUT2D eigenvalue weighted by atomic mass is 9.96. The van der Waals surface area contributed by atoms with Crippen LogP contribution in [-0.4, -0.2) is 18.6 Å². The van der Waals surface area contributed by atoms with Crippen LogP contribution in [-0.2, 0) is 9.53 Å². The Morgan fingerprint density at radius 1 is 1.42 bits per heavy atom. The SMILES string of the molecule is NCCCCC(=O)OC1CCC1. The second-order valence-electron chi connectivity index (χ2n) is 3.29. The van der Waals surface area contributed by atoms with Gasteiger partial charge in [0.1, 0.15) is 6.10 Å². The molecule has 1 aliphatic rings. The zero-order valence-corrected chi connectivity index (χ0v) is 7.42.